The highest BCUT2D eigenvalue weighted by Crippen LogP contribution is 2.18. The summed E-state index contributed by atoms with van der Waals surface area (Å²) in [7, 11) is 1.99. The monoisotopic (exact) mass is 310 g/mol. The lowest BCUT2D eigenvalue weighted by atomic mass is 10.2. The zero-order valence-corrected chi connectivity index (χ0v) is 14.1. The topological polar surface area (TPSA) is 65.7 Å². The van der Waals surface area contributed by atoms with Crippen LogP contribution in [0.5, 0.6) is 5.75 Å². The molecule has 0 aliphatic rings. The number of hydrogen-bond acceptors (Lipinski definition) is 4. The summed E-state index contributed by atoms with van der Waals surface area (Å²) < 4.78 is 1.91. The smallest absolute Gasteiger partial charge is 0.223 e. The molecule has 0 aliphatic carbocycles. The molecule has 2 N–H and O–H groups in total. The van der Waals surface area contributed by atoms with Gasteiger partial charge in [-0.05, 0) is 26.4 Å². The molecular weight excluding hydrogens is 280 g/mol. The second kappa shape index (κ2) is 9.64. The SMILES string of the molecule is CCCCCn1c(CO)cc(=O)c(O)c1CN(C)CCCC. The van der Waals surface area contributed by atoms with E-state index in [2.05, 4.69) is 18.7 Å². The van der Waals surface area contributed by atoms with Gasteiger partial charge in [-0.25, -0.2) is 0 Å². The van der Waals surface area contributed by atoms with Crippen LogP contribution in [0.15, 0.2) is 10.9 Å². The molecule has 0 atom stereocenters. The molecule has 1 rings (SSSR count). The maximum atomic E-state index is 11.9. The van der Waals surface area contributed by atoms with Crippen LogP contribution in [-0.4, -0.2) is 33.3 Å². The first-order chi connectivity index (χ1) is 10.5. The third kappa shape index (κ3) is 5.14. The molecule has 0 spiro atoms. The van der Waals surface area contributed by atoms with Gasteiger partial charge in [0.05, 0.1) is 12.3 Å². The molecular formula is C17H30N2O3. The third-order valence-electron chi connectivity index (χ3n) is 3.94. The van der Waals surface area contributed by atoms with Gasteiger partial charge in [-0.2, -0.15) is 0 Å². The van der Waals surface area contributed by atoms with Crippen LogP contribution in [-0.2, 0) is 19.7 Å². The summed E-state index contributed by atoms with van der Waals surface area (Å²) in [5.74, 6) is -0.183. The minimum atomic E-state index is -0.408. The Morgan fingerprint density at radius 2 is 1.86 bits per heavy atom. The maximum absolute atomic E-state index is 11.9. The van der Waals surface area contributed by atoms with Gasteiger partial charge in [0, 0.05) is 24.8 Å². The van der Waals surface area contributed by atoms with E-state index in [1.165, 1.54) is 6.07 Å². The highest BCUT2D eigenvalue weighted by Gasteiger charge is 2.16. The minimum Gasteiger partial charge on any atom is -0.503 e. The summed E-state index contributed by atoms with van der Waals surface area (Å²) in [6.45, 7) is 6.24. The Kier molecular flexibility index (Phi) is 8.20. The normalized spacial score (nSPS) is 11.3. The largest absolute Gasteiger partial charge is 0.503 e. The molecule has 0 amide bonds. The van der Waals surface area contributed by atoms with E-state index >= 15 is 0 Å². The van der Waals surface area contributed by atoms with Crippen LogP contribution in [0.1, 0.15) is 57.3 Å². The van der Waals surface area contributed by atoms with Crippen molar-refractivity contribution >= 4 is 0 Å². The second-order valence-corrected chi connectivity index (χ2v) is 5.90. The molecule has 0 aromatic carbocycles. The van der Waals surface area contributed by atoms with Crippen molar-refractivity contribution in [2.45, 2.75) is 65.6 Å². The Labute approximate surface area is 133 Å². The molecule has 5 nitrogen and oxygen atoms in total. The lowest BCUT2D eigenvalue weighted by Crippen LogP contribution is -2.26. The number of pyridine rings is 1. The van der Waals surface area contributed by atoms with Gasteiger partial charge >= 0.3 is 0 Å². The minimum absolute atomic E-state index is 0.183. The Morgan fingerprint density at radius 1 is 1.18 bits per heavy atom. The van der Waals surface area contributed by atoms with Gasteiger partial charge in [0.1, 0.15) is 0 Å². The van der Waals surface area contributed by atoms with Gasteiger partial charge < -0.3 is 19.7 Å². The van der Waals surface area contributed by atoms with Crippen LogP contribution in [0.4, 0.5) is 0 Å². The molecule has 1 aromatic rings. The molecule has 1 aromatic heterocycles. The molecule has 0 fully saturated rings. The van der Waals surface area contributed by atoms with E-state index in [4.69, 9.17) is 0 Å². The van der Waals surface area contributed by atoms with Crippen LogP contribution < -0.4 is 5.43 Å². The first kappa shape index (κ1) is 18.7. The van der Waals surface area contributed by atoms with E-state index in [1.807, 2.05) is 11.6 Å². The number of aromatic hydroxyl groups is 1. The fraction of sp³-hybridized carbons (Fsp3) is 0.706. The summed E-state index contributed by atoms with van der Waals surface area (Å²) in [6.07, 6.45) is 5.35. The van der Waals surface area contributed by atoms with E-state index in [0.717, 1.165) is 38.6 Å². The molecule has 0 unspecified atom stereocenters. The average molecular weight is 310 g/mol. The van der Waals surface area contributed by atoms with Crippen molar-refractivity contribution in [3.63, 3.8) is 0 Å². The Balaban J connectivity index is 3.08. The number of aromatic nitrogens is 1. The molecule has 22 heavy (non-hydrogen) atoms. The third-order valence-corrected chi connectivity index (χ3v) is 3.94. The van der Waals surface area contributed by atoms with Crippen LogP contribution >= 0.6 is 0 Å². The van der Waals surface area contributed by atoms with E-state index in [-0.39, 0.29) is 12.4 Å². The van der Waals surface area contributed by atoms with E-state index in [1.54, 1.807) is 0 Å². The Bertz CT molecular complexity index is 511. The van der Waals surface area contributed by atoms with Gasteiger partial charge in [-0.15, -0.1) is 0 Å². The quantitative estimate of drug-likeness (QED) is 0.652. The number of aliphatic hydroxyl groups is 1. The van der Waals surface area contributed by atoms with Crippen molar-refractivity contribution in [2.75, 3.05) is 13.6 Å². The van der Waals surface area contributed by atoms with Crippen molar-refractivity contribution in [2.24, 2.45) is 0 Å². The van der Waals surface area contributed by atoms with Crippen molar-refractivity contribution in [3.8, 4) is 5.75 Å². The van der Waals surface area contributed by atoms with Gasteiger partial charge in [0.15, 0.2) is 5.75 Å². The van der Waals surface area contributed by atoms with E-state index in [9.17, 15) is 15.0 Å². The molecule has 126 valence electrons. The number of hydrogen-bond donors (Lipinski definition) is 2. The van der Waals surface area contributed by atoms with Crippen molar-refractivity contribution in [3.05, 3.63) is 27.7 Å². The van der Waals surface area contributed by atoms with Crippen LogP contribution in [0.25, 0.3) is 0 Å². The predicted molar refractivity (Wildman–Crippen MR) is 89.1 cm³/mol. The Hall–Kier alpha value is -1.33. The average Bonchev–Trinajstić information content (AvgIpc) is 2.51. The fourth-order valence-electron chi connectivity index (χ4n) is 2.59. The van der Waals surface area contributed by atoms with Gasteiger partial charge in [-0.3, -0.25) is 4.79 Å². The highest BCUT2D eigenvalue weighted by atomic mass is 16.3. The molecule has 0 aliphatic heterocycles. The predicted octanol–water partition coefficient (Wildman–Crippen LogP) is 2.47. The summed E-state index contributed by atoms with van der Waals surface area (Å²) in [6, 6.07) is 1.34. The number of nitrogens with zero attached hydrogens (tertiary/aromatic N) is 2. The fourth-order valence-corrected chi connectivity index (χ4v) is 2.59. The second-order valence-electron chi connectivity index (χ2n) is 5.90. The lowest BCUT2D eigenvalue weighted by molar-refractivity contribution is 0.260. The molecule has 0 saturated carbocycles. The molecule has 0 bridgehead atoms. The number of unbranched alkanes of at least 4 members (excludes halogenated alkanes) is 3. The van der Waals surface area contributed by atoms with Crippen molar-refractivity contribution < 1.29 is 10.2 Å². The van der Waals surface area contributed by atoms with Crippen LogP contribution in [0.3, 0.4) is 0 Å². The lowest BCUT2D eigenvalue weighted by Gasteiger charge is -2.23. The van der Waals surface area contributed by atoms with Crippen LogP contribution in [0.2, 0.25) is 0 Å². The zero-order chi connectivity index (χ0) is 16.5. The summed E-state index contributed by atoms with van der Waals surface area (Å²) in [5, 5.41) is 19.7. The van der Waals surface area contributed by atoms with Crippen molar-refractivity contribution in [1.29, 1.82) is 0 Å². The maximum Gasteiger partial charge on any atom is 0.223 e. The number of aliphatic hydroxyl groups excluding tert-OH is 1. The standard InChI is InChI=1S/C17H30N2O3/c1-4-6-8-10-19-14(13-20)11-16(21)17(22)15(19)12-18(3)9-7-5-2/h11,20,22H,4-10,12-13H2,1-3H3. The number of rotatable bonds is 10. The molecule has 0 saturated heterocycles. The highest BCUT2D eigenvalue weighted by molar-refractivity contribution is 5.30. The van der Waals surface area contributed by atoms with Gasteiger partial charge in [0.25, 0.3) is 0 Å². The first-order valence-corrected chi connectivity index (χ1v) is 8.29. The molecule has 1 heterocycles. The van der Waals surface area contributed by atoms with Crippen LogP contribution in [0, 0.1) is 0 Å². The first-order valence-electron chi connectivity index (χ1n) is 8.29. The van der Waals surface area contributed by atoms with Gasteiger partial charge in [0.2, 0.25) is 5.43 Å². The summed E-state index contributed by atoms with van der Waals surface area (Å²) >= 11 is 0. The Morgan fingerprint density at radius 3 is 2.45 bits per heavy atom. The molecule has 5 heteroatoms. The summed E-state index contributed by atoms with van der Waals surface area (Å²) in [5.41, 5.74) is 0.790. The van der Waals surface area contributed by atoms with E-state index in [0.29, 0.717) is 24.5 Å². The summed E-state index contributed by atoms with van der Waals surface area (Å²) in [4.78, 5) is 14.0. The molecule has 0 radical (unpaired) electrons. The zero-order valence-electron chi connectivity index (χ0n) is 14.1. The van der Waals surface area contributed by atoms with E-state index < -0.39 is 5.43 Å². The van der Waals surface area contributed by atoms with Gasteiger partial charge in [-0.1, -0.05) is 33.1 Å². The van der Waals surface area contributed by atoms with Crippen molar-refractivity contribution in [1.82, 2.24) is 9.47 Å².